The van der Waals surface area contributed by atoms with Gasteiger partial charge in [-0.05, 0) is 47.5 Å². The minimum Gasteiger partial charge on any atom is -0.461 e. The van der Waals surface area contributed by atoms with E-state index in [9.17, 15) is 9.59 Å². The lowest BCUT2D eigenvalue weighted by molar-refractivity contribution is 0.00867. The van der Waals surface area contributed by atoms with Gasteiger partial charge in [0, 0.05) is 24.6 Å². The number of carbonyl (C=O) groups excluding carboxylic acids is 2. The fourth-order valence-electron chi connectivity index (χ4n) is 2.70. The molecule has 1 aromatic rings. The summed E-state index contributed by atoms with van der Waals surface area (Å²) in [5.74, 6) is 0.0867. The molecule has 0 radical (unpaired) electrons. The molecule has 0 N–H and O–H groups in total. The normalized spacial score (nSPS) is 21.5. The van der Waals surface area contributed by atoms with Crippen molar-refractivity contribution in [1.82, 2.24) is 10.1 Å². The van der Waals surface area contributed by atoms with Gasteiger partial charge in [0.2, 0.25) is 0 Å². The van der Waals surface area contributed by atoms with Gasteiger partial charge < -0.3 is 18.9 Å². The fraction of sp³-hybridized carbons (Fsp3) is 0.706. The van der Waals surface area contributed by atoms with E-state index in [2.05, 4.69) is 5.16 Å². The van der Waals surface area contributed by atoms with E-state index in [1.54, 1.807) is 17.9 Å². The molecule has 0 saturated carbocycles. The number of carbonyl (C=O) groups is 2. The smallest absolute Gasteiger partial charge is 0.410 e. The van der Waals surface area contributed by atoms with E-state index in [1.165, 1.54) is 0 Å². The number of nitrogens with zero attached hydrogens (tertiary/aromatic N) is 2. The first-order valence-electron chi connectivity index (χ1n) is 8.34. The summed E-state index contributed by atoms with van der Waals surface area (Å²) in [5.41, 5.74) is -0.373. The Morgan fingerprint density at radius 3 is 2.71 bits per heavy atom. The molecule has 1 amide bonds. The van der Waals surface area contributed by atoms with E-state index in [1.807, 2.05) is 27.7 Å². The highest BCUT2D eigenvalue weighted by molar-refractivity contribution is 5.87. The van der Waals surface area contributed by atoms with Crippen LogP contribution in [0.2, 0.25) is 0 Å². The summed E-state index contributed by atoms with van der Waals surface area (Å²) in [4.78, 5) is 25.8. The topological polar surface area (TPSA) is 81.9 Å². The lowest BCUT2D eigenvalue weighted by Crippen LogP contribution is -2.47. The zero-order chi connectivity index (χ0) is 17.9. The summed E-state index contributed by atoms with van der Waals surface area (Å²) < 4.78 is 15.7. The van der Waals surface area contributed by atoms with E-state index < -0.39 is 11.6 Å². The summed E-state index contributed by atoms with van der Waals surface area (Å²) in [6.45, 7) is 10.0. The zero-order valence-corrected chi connectivity index (χ0v) is 15.0. The van der Waals surface area contributed by atoms with E-state index in [-0.39, 0.29) is 30.4 Å². The van der Waals surface area contributed by atoms with E-state index in [0.717, 1.165) is 12.8 Å². The van der Waals surface area contributed by atoms with Gasteiger partial charge in [-0.15, -0.1) is 0 Å². The monoisotopic (exact) mass is 338 g/mol. The second kappa shape index (κ2) is 7.23. The maximum atomic E-state index is 12.4. The highest BCUT2D eigenvalue weighted by Crippen LogP contribution is 2.31. The Labute approximate surface area is 142 Å². The quantitative estimate of drug-likeness (QED) is 0.786. The molecule has 1 unspecified atom stereocenters. The number of hydrogen-bond acceptors (Lipinski definition) is 6. The van der Waals surface area contributed by atoms with Crippen molar-refractivity contribution in [3.8, 4) is 0 Å². The Balaban J connectivity index is 2.07. The standard InChI is InChI=1S/C17H26N2O5/c1-6-22-15(20)13-9-14(24-18-13)12-8-7-11(2)19(10-12)16(21)23-17(3,4)5/h9,11-12H,6-8,10H2,1-5H3/t11-,12?/m1/s1. The largest absolute Gasteiger partial charge is 0.461 e. The van der Waals surface area contributed by atoms with Crippen molar-refractivity contribution in [2.45, 2.75) is 65.0 Å². The van der Waals surface area contributed by atoms with Crippen molar-refractivity contribution in [3.63, 3.8) is 0 Å². The number of hydrogen-bond donors (Lipinski definition) is 0. The van der Waals surface area contributed by atoms with Crippen molar-refractivity contribution in [3.05, 3.63) is 17.5 Å². The zero-order valence-electron chi connectivity index (χ0n) is 15.0. The molecule has 1 saturated heterocycles. The lowest BCUT2D eigenvalue weighted by atomic mass is 9.91. The number of piperidine rings is 1. The summed E-state index contributed by atoms with van der Waals surface area (Å²) >= 11 is 0. The van der Waals surface area contributed by atoms with Crippen molar-refractivity contribution >= 4 is 12.1 Å². The first kappa shape index (κ1) is 18.3. The SMILES string of the molecule is CCOC(=O)c1cc(C2CC[C@@H](C)N(C(=O)OC(C)(C)C)C2)on1. The van der Waals surface area contributed by atoms with E-state index in [4.69, 9.17) is 14.0 Å². The molecule has 0 aliphatic carbocycles. The van der Waals surface area contributed by atoms with E-state index >= 15 is 0 Å². The Kier molecular flexibility index (Phi) is 5.51. The minimum atomic E-state index is -0.535. The van der Waals surface area contributed by atoms with Crippen LogP contribution in [0.1, 0.15) is 69.6 Å². The van der Waals surface area contributed by atoms with Gasteiger partial charge in [0.05, 0.1) is 6.61 Å². The van der Waals surface area contributed by atoms with Crippen LogP contribution in [0.25, 0.3) is 0 Å². The third kappa shape index (κ3) is 4.49. The van der Waals surface area contributed by atoms with Gasteiger partial charge in [-0.25, -0.2) is 9.59 Å². The Morgan fingerprint density at radius 1 is 1.38 bits per heavy atom. The van der Waals surface area contributed by atoms with Gasteiger partial charge >= 0.3 is 12.1 Å². The fourth-order valence-corrected chi connectivity index (χ4v) is 2.70. The molecule has 1 aliphatic rings. The van der Waals surface area contributed by atoms with Crippen LogP contribution in [-0.4, -0.2) is 46.9 Å². The summed E-state index contributed by atoms with van der Waals surface area (Å²) in [7, 11) is 0. The van der Waals surface area contributed by atoms with Crippen LogP contribution in [0, 0.1) is 0 Å². The predicted octanol–water partition coefficient (Wildman–Crippen LogP) is 3.35. The number of esters is 1. The predicted molar refractivity (Wildman–Crippen MR) is 86.8 cm³/mol. The molecule has 0 aromatic carbocycles. The maximum Gasteiger partial charge on any atom is 0.410 e. The van der Waals surface area contributed by atoms with Crippen molar-refractivity contribution < 1.29 is 23.6 Å². The second-order valence-corrected chi connectivity index (χ2v) is 7.09. The molecule has 7 heteroatoms. The number of likely N-dealkylation sites (tertiary alicyclic amines) is 1. The number of rotatable bonds is 3. The summed E-state index contributed by atoms with van der Waals surface area (Å²) in [6, 6.07) is 1.70. The molecule has 2 rings (SSSR count). The molecule has 1 aromatic heterocycles. The molecule has 1 fully saturated rings. The maximum absolute atomic E-state index is 12.4. The Hall–Kier alpha value is -2.05. The molecule has 24 heavy (non-hydrogen) atoms. The van der Waals surface area contributed by atoms with E-state index in [0.29, 0.717) is 12.3 Å². The van der Waals surface area contributed by atoms with Crippen molar-refractivity contribution in [1.29, 1.82) is 0 Å². The second-order valence-electron chi connectivity index (χ2n) is 7.09. The van der Waals surface area contributed by atoms with Gasteiger partial charge in [-0.3, -0.25) is 0 Å². The molecule has 0 bridgehead atoms. The summed E-state index contributed by atoms with van der Waals surface area (Å²) in [5, 5.41) is 3.77. The van der Waals surface area contributed by atoms with Crippen LogP contribution in [0.4, 0.5) is 4.79 Å². The molecule has 0 spiro atoms. The molecule has 1 aliphatic heterocycles. The average Bonchev–Trinajstić information content (AvgIpc) is 2.96. The van der Waals surface area contributed by atoms with Crippen LogP contribution in [0.5, 0.6) is 0 Å². The van der Waals surface area contributed by atoms with Crippen molar-refractivity contribution in [2.24, 2.45) is 0 Å². The summed E-state index contributed by atoms with van der Waals surface area (Å²) in [6.07, 6.45) is 1.36. The van der Waals surface area contributed by atoms with Crippen LogP contribution in [0.15, 0.2) is 10.6 Å². The molecule has 7 nitrogen and oxygen atoms in total. The van der Waals surface area contributed by atoms with Crippen LogP contribution < -0.4 is 0 Å². The Bertz CT molecular complexity index is 590. The third-order valence-electron chi connectivity index (χ3n) is 3.93. The van der Waals surface area contributed by atoms with Gasteiger partial charge in [0.1, 0.15) is 11.4 Å². The van der Waals surface area contributed by atoms with Gasteiger partial charge in [-0.1, -0.05) is 5.16 Å². The van der Waals surface area contributed by atoms with Gasteiger partial charge in [0.15, 0.2) is 5.69 Å². The number of ether oxygens (including phenoxy) is 2. The molecule has 2 atom stereocenters. The lowest BCUT2D eigenvalue weighted by Gasteiger charge is -2.37. The Morgan fingerprint density at radius 2 is 2.08 bits per heavy atom. The molecular formula is C17H26N2O5. The van der Waals surface area contributed by atoms with Crippen LogP contribution >= 0.6 is 0 Å². The number of aromatic nitrogens is 1. The number of amides is 1. The first-order chi connectivity index (χ1) is 11.2. The highest BCUT2D eigenvalue weighted by Gasteiger charge is 2.34. The highest BCUT2D eigenvalue weighted by atomic mass is 16.6. The average molecular weight is 338 g/mol. The van der Waals surface area contributed by atoms with Crippen molar-refractivity contribution in [2.75, 3.05) is 13.2 Å². The van der Waals surface area contributed by atoms with Gasteiger partial charge in [0.25, 0.3) is 0 Å². The minimum absolute atomic E-state index is 0.00982. The molecule has 2 heterocycles. The molecule has 134 valence electrons. The van der Waals surface area contributed by atoms with Crippen LogP contribution in [-0.2, 0) is 9.47 Å². The third-order valence-corrected chi connectivity index (χ3v) is 3.93. The first-order valence-corrected chi connectivity index (χ1v) is 8.34. The molecular weight excluding hydrogens is 312 g/mol. The van der Waals surface area contributed by atoms with Crippen LogP contribution in [0.3, 0.4) is 0 Å². The van der Waals surface area contributed by atoms with Gasteiger partial charge in [-0.2, -0.15) is 0 Å².